The molecule has 0 saturated heterocycles. The summed E-state index contributed by atoms with van der Waals surface area (Å²) < 4.78 is 67.8. The first kappa shape index (κ1) is 15.3. The maximum absolute atomic E-state index is 13.5. The molecule has 1 atom stereocenters. The molecule has 0 aliphatic carbocycles. The molecule has 2 aromatic rings. The second-order valence-corrected chi connectivity index (χ2v) is 4.44. The van der Waals surface area contributed by atoms with Crippen LogP contribution in [0.2, 0.25) is 0 Å². The molecule has 8 heteroatoms. The topological polar surface area (TPSA) is 29.9 Å². The van der Waals surface area contributed by atoms with E-state index < -0.39 is 40.8 Å². The van der Waals surface area contributed by atoms with Crippen LogP contribution in [0.5, 0.6) is 0 Å². The highest BCUT2D eigenvalue weighted by molar-refractivity contribution is 5.49. The molecule has 0 bridgehead atoms. The summed E-state index contributed by atoms with van der Waals surface area (Å²) >= 11 is 0. The number of anilines is 1. The van der Waals surface area contributed by atoms with Crippen LogP contribution in [0, 0.1) is 29.1 Å². The lowest BCUT2D eigenvalue weighted by Gasteiger charge is -2.16. The van der Waals surface area contributed by atoms with Crippen molar-refractivity contribution in [2.24, 2.45) is 0 Å². The number of nitrogens with one attached hydrogen (secondary N) is 1. The Morgan fingerprint density at radius 1 is 1.05 bits per heavy atom. The summed E-state index contributed by atoms with van der Waals surface area (Å²) in [5.74, 6) is -9.91. The van der Waals surface area contributed by atoms with Crippen molar-refractivity contribution >= 4 is 5.69 Å². The van der Waals surface area contributed by atoms with Crippen LogP contribution >= 0.6 is 0 Å². The Labute approximate surface area is 117 Å². The van der Waals surface area contributed by atoms with Crippen molar-refractivity contribution in [1.29, 1.82) is 0 Å². The summed E-state index contributed by atoms with van der Waals surface area (Å²) in [6, 6.07) is -0.682. The maximum atomic E-state index is 13.5. The van der Waals surface area contributed by atoms with Gasteiger partial charge in [0.1, 0.15) is 5.69 Å². The van der Waals surface area contributed by atoms with E-state index in [-0.39, 0.29) is 0 Å². The number of hydrogen-bond acceptors (Lipinski definition) is 2. The van der Waals surface area contributed by atoms with Crippen molar-refractivity contribution in [3.05, 3.63) is 47.0 Å². The summed E-state index contributed by atoms with van der Waals surface area (Å²) in [5, 5.41) is 6.26. The molecule has 0 fully saturated rings. The molecule has 0 saturated carbocycles. The standard InChI is InChI=1S/C13H12F5N3/c1-3-21-5-7(4-19-21)6(2)20-13-11(17)9(15)8(14)10(16)12(13)18/h4-6,20H,3H2,1-2H3. The first-order chi connectivity index (χ1) is 9.86. The molecule has 0 aliphatic heterocycles. The van der Waals surface area contributed by atoms with Gasteiger partial charge in [0.05, 0.1) is 12.2 Å². The molecule has 0 aliphatic rings. The van der Waals surface area contributed by atoms with Crippen LogP contribution in [-0.2, 0) is 6.54 Å². The highest BCUT2D eigenvalue weighted by atomic mass is 19.2. The molecule has 1 aromatic heterocycles. The molecule has 21 heavy (non-hydrogen) atoms. The Kier molecular flexibility index (Phi) is 4.15. The van der Waals surface area contributed by atoms with Gasteiger partial charge in [0.2, 0.25) is 5.82 Å². The smallest absolute Gasteiger partial charge is 0.200 e. The highest BCUT2D eigenvalue weighted by Gasteiger charge is 2.26. The average Bonchev–Trinajstić information content (AvgIpc) is 2.96. The van der Waals surface area contributed by atoms with Gasteiger partial charge in [-0.2, -0.15) is 5.10 Å². The molecule has 3 nitrogen and oxygen atoms in total. The zero-order chi connectivity index (χ0) is 15.7. The third kappa shape index (κ3) is 2.70. The van der Waals surface area contributed by atoms with E-state index in [2.05, 4.69) is 10.4 Å². The van der Waals surface area contributed by atoms with E-state index in [1.807, 2.05) is 6.92 Å². The second-order valence-electron chi connectivity index (χ2n) is 4.44. The quantitative estimate of drug-likeness (QED) is 0.529. The van der Waals surface area contributed by atoms with Gasteiger partial charge in [-0.3, -0.25) is 4.68 Å². The van der Waals surface area contributed by atoms with Crippen molar-refractivity contribution in [2.75, 3.05) is 5.32 Å². The lowest BCUT2D eigenvalue weighted by atomic mass is 10.1. The normalized spacial score (nSPS) is 12.5. The van der Waals surface area contributed by atoms with Gasteiger partial charge in [-0.25, -0.2) is 22.0 Å². The zero-order valence-corrected chi connectivity index (χ0v) is 11.2. The Morgan fingerprint density at radius 2 is 1.57 bits per heavy atom. The van der Waals surface area contributed by atoms with E-state index in [0.29, 0.717) is 12.1 Å². The Hall–Kier alpha value is -2.12. The lowest BCUT2D eigenvalue weighted by molar-refractivity contribution is 0.381. The molecule has 0 amide bonds. The minimum Gasteiger partial charge on any atom is -0.373 e. The van der Waals surface area contributed by atoms with Gasteiger partial charge >= 0.3 is 0 Å². The molecule has 1 N–H and O–H groups in total. The van der Waals surface area contributed by atoms with Crippen LogP contribution in [0.25, 0.3) is 0 Å². The SMILES string of the molecule is CCn1cc(C(C)Nc2c(F)c(F)c(F)c(F)c2F)cn1. The van der Waals surface area contributed by atoms with Crippen LogP contribution in [0.1, 0.15) is 25.5 Å². The predicted molar refractivity (Wildman–Crippen MR) is 66.2 cm³/mol. The third-order valence-electron chi connectivity index (χ3n) is 3.05. The first-order valence-electron chi connectivity index (χ1n) is 6.17. The minimum absolute atomic E-state index is 0.556. The van der Waals surface area contributed by atoms with Crippen molar-refractivity contribution < 1.29 is 22.0 Å². The first-order valence-corrected chi connectivity index (χ1v) is 6.17. The van der Waals surface area contributed by atoms with Crippen molar-refractivity contribution in [1.82, 2.24) is 9.78 Å². The van der Waals surface area contributed by atoms with Gasteiger partial charge < -0.3 is 5.32 Å². The molecular formula is C13H12F5N3. The fourth-order valence-corrected chi connectivity index (χ4v) is 1.81. The van der Waals surface area contributed by atoms with E-state index in [1.54, 1.807) is 10.9 Å². The molecule has 0 radical (unpaired) electrons. The van der Waals surface area contributed by atoms with Gasteiger partial charge in [0.15, 0.2) is 23.3 Å². The molecule has 0 spiro atoms. The average molecular weight is 305 g/mol. The minimum atomic E-state index is -2.18. The molecule has 114 valence electrons. The summed E-state index contributed by atoms with van der Waals surface area (Å²) in [4.78, 5) is 0. The van der Waals surface area contributed by atoms with Crippen molar-refractivity contribution in [3.63, 3.8) is 0 Å². The Bertz CT molecular complexity index is 639. The number of benzene rings is 1. The van der Waals surface area contributed by atoms with Gasteiger partial charge in [-0.15, -0.1) is 0 Å². The highest BCUT2D eigenvalue weighted by Crippen LogP contribution is 2.29. The molecule has 1 unspecified atom stereocenters. The fraction of sp³-hybridized carbons (Fsp3) is 0.308. The van der Waals surface area contributed by atoms with Gasteiger partial charge in [0, 0.05) is 18.3 Å². The zero-order valence-electron chi connectivity index (χ0n) is 11.2. The second kappa shape index (κ2) is 5.71. The summed E-state index contributed by atoms with van der Waals surface area (Å²) in [6.07, 6.45) is 3.07. The number of halogens is 5. The lowest BCUT2D eigenvalue weighted by Crippen LogP contribution is -2.13. The van der Waals surface area contributed by atoms with Gasteiger partial charge in [-0.1, -0.05) is 0 Å². The molecule has 2 rings (SSSR count). The summed E-state index contributed by atoms with van der Waals surface area (Å²) in [7, 11) is 0. The van der Waals surface area contributed by atoms with Gasteiger partial charge in [-0.05, 0) is 13.8 Å². The van der Waals surface area contributed by atoms with E-state index in [4.69, 9.17) is 0 Å². The number of nitrogens with zero attached hydrogens (tertiary/aromatic N) is 2. The fourth-order valence-electron chi connectivity index (χ4n) is 1.81. The summed E-state index contributed by atoms with van der Waals surface area (Å²) in [6.45, 7) is 3.96. The Morgan fingerprint density at radius 3 is 2.05 bits per heavy atom. The van der Waals surface area contributed by atoms with Crippen molar-refractivity contribution in [2.45, 2.75) is 26.4 Å². The third-order valence-corrected chi connectivity index (χ3v) is 3.05. The number of rotatable bonds is 4. The van der Waals surface area contributed by atoms with E-state index >= 15 is 0 Å². The van der Waals surface area contributed by atoms with E-state index in [1.165, 1.54) is 13.1 Å². The van der Waals surface area contributed by atoms with Crippen LogP contribution < -0.4 is 5.32 Å². The summed E-state index contributed by atoms with van der Waals surface area (Å²) in [5.41, 5.74) is -0.496. The number of aryl methyl sites for hydroxylation is 1. The Balaban J connectivity index is 2.35. The predicted octanol–water partition coefficient (Wildman–Crippen LogP) is 3.77. The van der Waals surface area contributed by atoms with Crippen LogP contribution in [0.3, 0.4) is 0 Å². The number of aromatic nitrogens is 2. The van der Waals surface area contributed by atoms with Crippen LogP contribution in [0.15, 0.2) is 12.4 Å². The van der Waals surface area contributed by atoms with Crippen LogP contribution in [0.4, 0.5) is 27.6 Å². The number of hydrogen-bond donors (Lipinski definition) is 1. The maximum Gasteiger partial charge on any atom is 0.200 e. The van der Waals surface area contributed by atoms with E-state index in [0.717, 1.165) is 0 Å². The van der Waals surface area contributed by atoms with Gasteiger partial charge in [0.25, 0.3) is 0 Å². The molecule has 1 aromatic carbocycles. The monoisotopic (exact) mass is 305 g/mol. The van der Waals surface area contributed by atoms with E-state index in [9.17, 15) is 22.0 Å². The molecular weight excluding hydrogens is 293 g/mol. The van der Waals surface area contributed by atoms with Crippen LogP contribution in [-0.4, -0.2) is 9.78 Å². The van der Waals surface area contributed by atoms with Crippen molar-refractivity contribution in [3.8, 4) is 0 Å². The largest absolute Gasteiger partial charge is 0.373 e. The molecule has 1 heterocycles.